The molecule has 0 saturated carbocycles. The molecule has 172 valence electrons. The topological polar surface area (TPSA) is 71.1 Å². The molecular formula is C24H37N3O4. The zero-order valence-electron chi connectivity index (χ0n) is 19.4. The van der Waals surface area contributed by atoms with Crippen LogP contribution in [0.1, 0.15) is 52.0 Å². The monoisotopic (exact) mass is 431 g/mol. The van der Waals surface area contributed by atoms with Gasteiger partial charge in [0.15, 0.2) is 0 Å². The average molecular weight is 432 g/mol. The molecule has 2 aliphatic heterocycles. The summed E-state index contributed by atoms with van der Waals surface area (Å²) in [6, 6.07) is 5.99. The zero-order chi connectivity index (χ0) is 22.4. The number of carbonyl (C=O) groups excluding carboxylic acids is 2. The summed E-state index contributed by atoms with van der Waals surface area (Å²) in [5.41, 5.74) is 1.95. The van der Waals surface area contributed by atoms with E-state index in [4.69, 9.17) is 9.47 Å². The maximum absolute atomic E-state index is 13.3. The molecule has 0 bridgehead atoms. The van der Waals surface area contributed by atoms with E-state index < -0.39 is 0 Å². The summed E-state index contributed by atoms with van der Waals surface area (Å²) >= 11 is 0. The number of urea groups is 1. The summed E-state index contributed by atoms with van der Waals surface area (Å²) in [5, 5.41) is 3.02. The van der Waals surface area contributed by atoms with E-state index >= 15 is 0 Å². The lowest BCUT2D eigenvalue weighted by molar-refractivity contribution is -0.126. The summed E-state index contributed by atoms with van der Waals surface area (Å²) in [7, 11) is 0. The lowest BCUT2D eigenvalue weighted by Crippen LogP contribution is -2.52. The van der Waals surface area contributed by atoms with Crippen LogP contribution in [0.15, 0.2) is 18.2 Å². The van der Waals surface area contributed by atoms with Crippen LogP contribution in [0.2, 0.25) is 0 Å². The van der Waals surface area contributed by atoms with Crippen molar-refractivity contribution in [1.29, 1.82) is 0 Å². The molecule has 1 aromatic rings. The molecule has 0 aliphatic carbocycles. The molecule has 2 aliphatic rings. The number of piperidine rings is 1. The second-order valence-electron chi connectivity index (χ2n) is 8.84. The molecule has 31 heavy (non-hydrogen) atoms. The van der Waals surface area contributed by atoms with Gasteiger partial charge in [-0.25, -0.2) is 4.79 Å². The third-order valence-corrected chi connectivity index (χ3v) is 5.98. The number of fused-ring (bicyclic) bond motifs is 1. The standard InChI is InChI=1S/C24H37N3O4/c1-5-20-16-27(21-15-18(4)7-8-22(21)31-20)24(29)26-12-9-19(10-13-26)23(28)25-11-6-14-30-17(2)3/h7-8,15,17,19-20H,5-6,9-14,16H2,1-4H3,(H,25,28)/t20-/m0/s1. The molecule has 0 radical (unpaired) electrons. The molecule has 1 aromatic carbocycles. The Morgan fingerprint density at radius 1 is 1.26 bits per heavy atom. The van der Waals surface area contributed by atoms with Gasteiger partial charge in [0, 0.05) is 32.2 Å². The van der Waals surface area contributed by atoms with E-state index in [0.717, 1.165) is 29.8 Å². The van der Waals surface area contributed by atoms with E-state index in [2.05, 4.69) is 12.2 Å². The van der Waals surface area contributed by atoms with Crippen molar-refractivity contribution in [3.8, 4) is 5.75 Å². The number of likely N-dealkylation sites (tertiary alicyclic amines) is 1. The molecular weight excluding hydrogens is 394 g/mol. The molecule has 3 amide bonds. The maximum atomic E-state index is 13.3. The first-order valence-corrected chi connectivity index (χ1v) is 11.6. The quantitative estimate of drug-likeness (QED) is 0.668. The molecule has 0 aromatic heterocycles. The van der Waals surface area contributed by atoms with E-state index in [9.17, 15) is 9.59 Å². The Kier molecular flexibility index (Phi) is 8.18. The van der Waals surface area contributed by atoms with Crippen molar-refractivity contribution in [1.82, 2.24) is 10.2 Å². The van der Waals surface area contributed by atoms with Gasteiger partial charge in [-0.15, -0.1) is 0 Å². The van der Waals surface area contributed by atoms with Crippen molar-refractivity contribution < 1.29 is 19.1 Å². The normalized spacial score (nSPS) is 19.2. The smallest absolute Gasteiger partial charge is 0.324 e. The number of nitrogens with one attached hydrogen (secondary N) is 1. The molecule has 2 heterocycles. The van der Waals surface area contributed by atoms with Gasteiger partial charge in [0.05, 0.1) is 18.3 Å². The second kappa shape index (κ2) is 10.8. The molecule has 1 atom stereocenters. The van der Waals surface area contributed by atoms with E-state index in [0.29, 0.717) is 45.6 Å². The highest BCUT2D eigenvalue weighted by atomic mass is 16.5. The first kappa shape index (κ1) is 23.4. The largest absolute Gasteiger partial charge is 0.486 e. The van der Waals surface area contributed by atoms with Crippen LogP contribution in [0.25, 0.3) is 0 Å². The van der Waals surface area contributed by atoms with Crippen molar-refractivity contribution in [2.75, 3.05) is 37.7 Å². The molecule has 1 N–H and O–H groups in total. The van der Waals surface area contributed by atoms with Gasteiger partial charge in [-0.05, 0) is 64.2 Å². The number of rotatable bonds is 7. The lowest BCUT2D eigenvalue weighted by atomic mass is 9.96. The van der Waals surface area contributed by atoms with Crippen LogP contribution in [0.5, 0.6) is 5.75 Å². The van der Waals surface area contributed by atoms with Crippen LogP contribution in [0.4, 0.5) is 10.5 Å². The SMILES string of the molecule is CC[C@H]1CN(C(=O)N2CCC(C(=O)NCCCOC(C)C)CC2)c2cc(C)ccc2O1. The molecule has 0 spiro atoms. The average Bonchev–Trinajstić information content (AvgIpc) is 2.77. The van der Waals surface area contributed by atoms with Crippen molar-refractivity contribution >= 4 is 17.6 Å². The van der Waals surface area contributed by atoms with Gasteiger partial charge in [-0.1, -0.05) is 13.0 Å². The number of hydrogen-bond donors (Lipinski definition) is 1. The minimum atomic E-state index is -0.0299. The summed E-state index contributed by atoms with van der Waals surface area (Å²) in [4.78, 5) is 29.6. The molecule has 7 heteroatoms. The van der Waals surface area contributed by atoms with Gasteiger partial charge >= 0.3 is 6.03 Å². The van der Waals surface area contributed by atoms with Gasteiger partial charge < -0.3 is 19.7 Å². The van der Waals surface area contributed by atoms with E-state index in [1.165, 1.54) is 0 Å². The van der Waals surface area contributed by atoms with Gasteiger partial charge in [0.1, 0.15) is 11.9 Å². The van der Waals surface area contributed by atoms with Gasteiger partial charge in [-0.2, -0.15) is 0 Å². The van der Waals surface area contributed by atoms with Crippen molar-refractivity contribution in [3.05, 3.63) is 23.8 Å². The minimum Gasteiger partial charge on any atom is -0.486 e. The Bertz CT molecular complexity index is 759. The fourth-order valence-electron chi connectivity index (χ4n) is 4.10. The highest BCUT2D eigenvalue weighted by Gasteiger charge is 2.34. The Balaban J connectivity index is 1.52. The number of aryl methyl sites for hydroxylation is 1. The highest BCUT2D eigenvalue weighted by Crippen LogP contribution is 2.36. The number of ether oxygens (including phenoxy) is 2. The Morgan fingerprint density at radius 3 is 2.68 bits per heavy atom. The Morgan fingerprint density at radius 2 is 2.00 bits per heavy atom. The summed E-state index contributed by atoms with van der Waals surface area (Å²) in [6.45, 7) is 11.2. The Labute approximate surface area is 186 Å². The Hall–Kier alpha value is -2.28. The van der Waals surface area contributed by atoms with Crippen molar-refractivity contribution in [2.24, 2.45) is 5.92 Å². The van der Waals surface area contributed by atoms with Crippen LogP contribution < -0.4 is 15.0 Å². The molecule has 7 nitrogen and oxygen atoms in total. The third-order valence-electron chi connectivity index (χ3n) is 5.98. The molecule has 0 unspecified atom stereocenters. The first-order valence-electron chi connectivity index (χ1n) is 11.6. The predicted molar refractivity (Wildman–Crippen MR) is 122 cm³/mol. The maximum Gasteiger partial charge on any atom is 0.324 e. The third kappa shape index (κ3) is 6.12. The van der Waals surface area contributed by atoms with Crippen LogP contribution in [-0.2, 0) is 9.53 Å². The van der Waals surface area contributed by atoms with Crippen LogP contribution >= 0.6 is 0 Å². The van der Waals surface area contributed by atoms with Crippen molar-refractivity contribution in [3.63, 3.8) is 0 Å². The lowest BCUT2D eigenvalue weighted by Gasteiger charge is -2.39. The number of nitrogens with zero attached hydrogens (tertiary/aromatic N) is 2. The van der Waals surface area contributed by atoms with Crippen LogP contribution in [0.3, 0.4) is 0 Å². The summed E-state index contributed by atoms with van der Waals surface area (Å²) in [6.07, 6.45) is 3.27. The van der Waals surface area contributed by atoms with E-state index in [-0.39, 0.29) is 30.1 Å². The number of anilines is 1. The highest BCUT2D eigenvalue weighted by molar-refractivity contribution is 5.94. The van der Waals surface area contributed by atoms with Crippen LogP contribution in [-0.4, -0.2) is 61.8 Å². The minimum absolute atomic E-state index is 0.00199. The number of benzene rings is 1. The predicted octanol–water partition coefficient (Wildman–Crippen LogP) is 3.74. The zero-order valence-corrected chi connectivity index (χ0v) is 19.4. The van der Waals surface area contributed by atoms with Crippen LogP contribution in [0, 0.1) is 12.8 Å². The molecule has 1 saturated heterocycles. The van der Waals surface area contributed by atoms with Crippen molar-refractivity contribution in [2.45, 2.75) is 65.6 Å². The van der Waals surface area contributed by atoms with Gasteiger partial charge in [-0.3, -0.25) is 9.69 Å². The molecule has 3 rings (SSSR count). The molecule has 1 fully saturated rings. The second-order valence-corrected chi connectivity index (χ2v) is 8.84. The summed E-state index contributed by atoms with van der Waals surface area (Å²) < 4.78 is 11.6. The fourth-order valence-corrected chi connectivity index (χ4v) is 4.10. The first-order chi connectivity index (χ1) is 14.9. The van der Waals surface area contributed by atoms with E-state index in [1.54, 1.807) is 0 Å². The fraction of sp³-hybridized carbons (Fsp3) is 0.667. The number of carbonyl (C=O) groups is 2. The van der Waals surface area contributed by atoms with Gasteiger partial charge in [0.25, 0.3) is 0 Å². The summed E-state index contributed by atoms with van der Waals surface area (Å²) in [5.74, 6) is 0.834. The van der Waals surface area contributed by atoms with Gasteiger partial charge in [0.2, 0.25) is 5.91 Å². The number of hydrogen-bond acceptors (Lipinski definition) is 4. The number of amides is 3. The van der Waals surface area contributed by atoms with E-state index in [1.807, 2.05) is 48.8 Å².